The molecule has 2 nitrogen and oxygen atoms in total. The van der Waals surface area contributed by atoms with E-state index in [0.717, 1.165) is 28.1 Å². The lowest BCUT2D eigenvalue weighted by Gasteiger charge is -2.05. The number of para-hydroxylation sites is 1. The summed E-state index contributed by atoms with van der Waals surface area (Å²) in [5, 5.41) is 3.73. The van der Waals surface area contributed by atoms with Gasteiger partial charge in [0.25, 0.3) is 0 Å². The van der Waals surface area contributed by atoms with Gasteiger partial charge in [-0.25, -0.2) is 4.98 Å². The zero-order valence-corrected chi connectivity index (χ0v) is 11.8. The van der Waals surface area contributed by atoms with Gasteiger partial charge in [-0.2, -0.15) is 13.2 Å². The number of rotatable bonds is 2. The first kappa shape index (κ1) is 13.9. The molecule has 0 saturated heterocycles. The van der Waals surface area contributed by atoms with Crippen molar-refractivity contribution in [1.29, 1.82) is 0 Å². The molecular formula is C15H11F3N2S. The van der Waals surface area contributed by atoms with Crippen LogP contribution in [0.5, 0.6) is 0 Å². The van der Waals surface area contributed by atoms with Crippen LogP contribution < -0.4 is 5.32 Å². The van der Waals surface area contributed by atoms with Gasteiger partial charge in [-0.05, 0) is 36.8 Å². The molecule has 0 radical (unpaired) electrons. The van der Waals surface area contributed by atoms with Crippen molar-refractivity contribution in [2.45, 2.75) is 13.1 Å². The van der Waals surface area contributed by atoms with E-state index >= 15 is 0 Å². The number of nitrogens with one attached hydrogen (secondary N) is 1. The number of aromatic nitrogens is 1. The van der Waals surface area contributed by atoms with Crippen molar-refractivity contribution in [2.24, 2.45) is 0 Å². The largest absolute Gasteiger partial charge is 0.416 e. The van der Waals surface area contributed by atoms with Crippen molar-refractivity contribution in [2.75, 3.05) is 5.32 Å². The number of anilines is 2. The Labute approximate surface area is 123 Å². The zero-order valence-electron chi connectivity index (χ0n) is 11.0. The van der Waals surface area contributed by atoms with Gasteiger partial charge < -0.3 is 5.32 Å². The minimum atomic E-state index is -4.35. The highest BCUT2D eigenvalue weighted by atomic mass is 32.1. The number of halogens is 3. The molecule has 0 atom stereocenters. The molecule has 0 aliphatic carbocycles. The molecule has 0 fully saturated rings. The normalized spacial score (nSPS) is 11.8. The van der Waals surface area contributed by atoms with E-state index in [-0.39, 0.29) is 0 Å². The fourth-order valence-corrected chi connectivity index (χ4v) is 2.84. The second kappa shape index (κ2) is 5.04. The van der Waals surface area contributed by atoms with E-state index in [2.05, 4.69) is 10.3 Å². The molecule has 108 valence electrons. The van der Waals surface area contributed by atoms with Gasteiger partial charge in [0.1, 0.15) is 0 Å². The summed E-state index contributed by atoms with van der Waals surface area (Å²) < 4.78 is 38.8. The monoisotopic (exact) mass is 308 g/mol. The van der Waals surface area contributed by atoms with E-state index < -0.39 is 11.7 Å². The van der Waals surface area contributed by atoms with E-state index in [9.17, 15) is 13.2 Å². The number of aryl methyl sites for hydroxylation is 1. The highest BCUT2D eigenvalue weighted by molar-refractivity contribution is 7.22. The summed E-state index contributed by atoms with van der Waals surface area (Å²) in [5.74, 6) is 0. The summed E-state index contributed by atoms with van der Waals surface area (Å²) in [6.45, 7) is 1.96. The molecule has 1 heterocycles. The third-order valence-electron chi connectivity index (χ3n) is 3.10. The Morgan fingerprint density at radius 1 is 1.10 bits per heavy atom. The maximum Gasteiger partial charge on any atom is 0.416 e. The Bertz CT molecular complexity index is 793. The van der Waals surface area contributed by atoms with E-state index in [1.807, 2.05) is 31.2 Å². The first-order chi connectivity index (χ1) is 9.93. The van der Waals surface area contributed by atoms with Crippen LogP contribution in [0.3, 0.4) is 0 Å². The lowest BCUT2D eigenvalue weighted by Crippen LogP contribution is -2.03. The average Bonchev–Trinajstić information content (AvgIpc) is 2.81. The van der Waals surface area contributed by atoms with Gasteiger partial charge in [0.15, 0.2) is 5.13 Å². The average molecular weight is 308 g/mol. The summed E-state index contributed by atoms with van der Waals surface area (Å²) in [6.07, 6.45) is -4.35. The molecule has 3 rings (SSSR count). The summed E-state index contributed by atoms with van der Waals surface area (Å²) in [4.78, 5) is 4.23. The van der Waals surface area contributed by atoms with E-state index in [1.54, 1.807) is 0 Å². The fourth-order valence-electron chi connectivity index (χ4n) is 1.99. The topological polar surface area (TPSA) is 24.9 Å². The van der Waals surface area contributed by atoms with Crippen LogP contribution in [0.25, 0.3) is 10.2 Å². The molecule has 0 bridgehead atoms. The second-order valence-electron chi connectivity index (χ2n) is 4.64. The molecule has 1 aromatic heterocycles. The van der Waals surface area contributed by atoms with Crippen molar-refractivity contribution >= 4 is 32.4 Å². The smallest absolute Gasteiger partial charge is 0.331 e. The Morgan fingerprint density at radius 3 is 2.57 bits per heavy atom. The minimum absolute atomic E-state index is 0.353. The number of hydrogen-bond acceptors (Lipinski definition) is 3. The molecule has 0 aliphatic heterocycles. The Morgan fingerprint density at radius 2 is 1.86 bits per heavy atom. The fraction of sp³-hybridized carbons (Fsp3) is 0.133. The second-order valence-corrected chi connectivity index (χ2v) is 5.67. The van der Waals surface area contributed by atoms with Gasteiger partial charge in [0.05, 0.1) is 15.8 Å². The van der Waals surface area contributed by atoms with Crippen LogP contribution in [0.1, 0.15) is 11.1 Å². The number of hydrogen-bond donors (Lipinski definition) is 1. The molecule has 0 unspecified atom stereocenters. The SMILES string of the molecule is Cc1ccccc1Nc1nc2cc(C(F)(F)F)ccc2s1. The third kappa shape index (κ3) is 2.85. The highest BCUT2D eigenvalue weighted by Gasteiger charge is 2.30. The van der Waals surface area contributed by atoms with Crippen molar-refractivity contribution in [3.63, 3.8) is 0 Å². The van der Waals surface area contributed by atoms with Crippen LogP contribution >= 0.6 is 11.3 Å². The summed E-state index contributed by atoms with van der Waals surface area (Å²) >= 11 is 1.33. The first-order valence-corrected chi connectivity index (χ1v) is 7.05. The van der Waals surface area contributed by atoms with Gasteiger partial charge in [-0.3, -0.25) is 0 Å². The van der Waals surface area contributed by atoms with Crippen LogP contribution in [0.4, 0.5) is 24.0 Å². The van der Waals surface area contributed by atoms with E-state index in [4.69, 9.17) is 0 Å². The van der Waals surface area contributed by atoms with Crippen molar-refractivity contribution in [3.8, 4) is 0 Å². The highest BCUT2D eigenvalue weighted by Crippen LogP contribution is 2.34. The minimum Gasteiger partial charge on any atom is -0.331 e. The predicted octanol–water partition coefficient (Wildman–Crippen LogP) is 5.37. The molecule has 3 aromatic rings. The first-order valence-electron chi connectivity index (χ1n) is 6.24. The van der Waals surface area contributed by atoms with Gasteiger partial charge in [0.2, 0.25) is 0 Å². The Kier molecular flexibility index (Phi) is 3.33. The number of thiazole rings is 1. The van der Waals surface area contributed by atoms with Gasteiger partial charge >= 0.3 is 6.18 Å². The molecule has 0 saturated carbocycles. The van der Waals surface area contributed by atoms with Crippen LogP contribution in [-0.2, 0) is 6.18 Å². The van der Waals surface area contributed by atoms with Crippen molar-refractivity contribution in [3.05, 3.63) is 53.6 Å². The van der Waals surface area contributed by atoms with Crippen LogP contribution in [0.15, 0.2) is 42.5 Å². The van der Waals surface area contributed by atoms with Gasteiger partial charge in [0, 0.05) is 5.69 Å². The summed E-state index contributed by atoms with van der Waals surface area (Å²) in [7, 11) is 0. The molecule has 0 spiro atoms. The van der Waals surface area contributed by atoms with Crippen LogP contribution in [0.2, 0.25) is 0 Å². The number of fused-ring (bicyclic) bond motifs is 1. The molecular weight excluding hydrogens is 297 g/mol. The Balaban J connectivity index is 1.96. The lowest BCUT2D eigenvalue weighted by molar-refractivity contribution is -0.137. The molecule has 6 heteroatoms. The molecule has 1 N–H and O–H groups in total. The molecule has 21 heavy (non-hydrogen) atoms. The van der Waals surface area contributed by atoms with E-state index in [1.165, 1.54) is 17.4 Å². The van der Waals surface area contributed by atoms with Crippen molar-refractivity contribution < 1.29 is 13.2 Å². The lowest BCUT2D eigenvalue weighted by atomic mass is 10.2. The van der Waals surface area contributed by atoms with E-state index in [0.29, 0.717) is 10.6 Å². The number of benzene rings is 2. The summed E-state index contributed by atoms with van der Waals surface area (Å²) in [6, 6.07) is 11.3. The van der Waals surface area contributed by atoms with Crippen LogP contribution in [-0.4, -0.2) is 4.98 Å². The van der Waals surface area contributed by atoms with Crippen LogP contribution in [0, 0.1) is 6.92 Å². The zero-order chi connectivity index (χ0) is 15.0. The molecule has 0 amide bonds. The third-order valence-corrected chi connectivity index (χ3v) is 4.05. The standard InChI is InChI=1S/C15H11F3N2S/c1-9-4-2-3-5-11(9)19-14-20-12-8-10(15(16,17)18)6-7-13(12)21-14/h2-8H,1H3,(H,19,20). The van der Waals surface area contributed by atoms with Gasteiger partial charge in [-0.15, -0.1) is 0 Å². The Hall–Kier alpha value is -2.08. The van der Waals surface area contributed by atoms with Gasteiger partial charge in [-0.1, -0.05) is 29.5 Å². The maximum absolute atomic E-state index is 12.7. The molecule has 2 aromatic carbocycles. The predicted molar refractivity (Wildman–Crippen MR) is 79.1 cm³/mol. The van der Waals surface area contributed by atoms with Crippen molar-refractivity contribution in [1.82, 2.24) is 4.98 Å². The molecule has 0 aliphatic rings. The quantitative estimate of drug-likeness (QED) is 0.688. The number of alkyl halides is 3. The maximum atomic E-state index is 12.7. The summed E-state index contributed by atoms with van der Waals surface area (Å²) in [5.41, 5.74) is 1.62. The number of nitrogens with zero attached hydrogens (tertiary/aromatic N) is 1.